The predicted octanol–water partition coefficient (Wildman–Crippen LogP) is 2.96. The lowest BCUT2D eigenvalue weighted by molar-refractivity contribution is 0.0455. The summed E-state index contributed by atoms with van der Waals surface area (Å²) in [6.07, 6.45) is 6.32. The van der Waals surface area contributed by atoms with Crippen LogP contribution < -0.4 is 5.32 Å². The molecule has 16 heavy (non-hydrogen) atoms. The molecule has 2 nitrogen and oxygen atoms in total. The van der Waals surface area contributed by atoms with Gasteiger partial charge in [-0.1, -0.05) is 20.8 Å². The van der Waals surface area contributed by atoms with Gasteiger partial charge in [0.05, 0.1) is 0 Å². The van der Waals surface area contributed by atoms with E-state index in [9.17, 15) is 0 Å². The van der Waals surface area contributed by atoms with Gasteiger partial charge >= 0.3 is 0 Å². The zero-order valence-corrected chi connectivity index (χ0v) is 10.5. The summed E-state index contributed by atoms with van der Waals surface area (Å²) >= 11 is 0. The van der Waals surface area contributed by atoms with Crippen LogP contribution in [0.15, 0.2) is 24.5 Å². The van der Waals surface area contributed by atoms with E-state index in [4.69, 9.17) is 0 Å². The van der Waals surface area contributed by atoms with Crippen molar-refractivity contribution in [2.45, 2.75) is 45.6 Å². The van der Waals surface area contributed by atoms with Gasteiger partial charge in [-0.2, -0.15) is 0 Å². The van der Waals surface area contributed by atoms with E-state index >= 15 is 0 Å². The highest BCUT2D eigenvalue weighted by molar-refractivity contribution is 5.25. The summed E-state index contributed by atoms with van der Waals surface area (Å²) in [5.74, 6) is 0.699. The molecule has 1 saturated carbocycles. The highest BCUT2D eigenvalue weighted by Crippen LogP contribution is 2.54. The molecule has 0 aromatic carbocycles. The summed E-state index contributed by atoms with van der Waals surface area (Å²) in [5.41, 5.74) is 1.87. The van der Waals surface area contributed by atoms with Gasteiger partial charge < -0.3 is 5.32 Å². The Morgan fingerprint density at radius 3 is 2.62 bits per heavy atom. The summed E-state index contributed by atoms with van der Waals surface area (Å²) in [6, 6.07) is 5.02. The molecule has 1 aliphatic carbocycles. The lowest BCUT2D eigenvalue weighted by Gasteiger charge is -2.55. The topological polar surface area (TPSA) is 24.9 Å². The van der Waals surface area contributed by atoms with E-state index < -0.39 is 0 Å². The Labute approximate surface area is 98.5 Å². The van der Waals surface area contributed by atoms with Crippen LogP contribution in [0, 0.1) is 5.41 Å². The molecule has 2 rings (SSSR count). The maximum absolute atomic E-state index is 4.10. The van der Waals surface area contributed by atoms with Gasteiger partial charge in [0.25, 0.3) is 0 Å². The Bertz CT molecular complexity index is 336. The first-order chi connectivity index (χ1) is 7.72. The van der Waals surface area contributed by atoms with Crippen molar-refractivity contribution in [2.24, 2.45) is 5.41 Å². The third kappa shape index (κ3) is 1.75. The smallest absolute Gasteiger partial charge is 0.0270 e. The second-order valence-corrected chi connectivity index (χ2v) is 5.04. The summed E-state index contributed by atoms with van der Waals surface area (Å²) in [4.78, 5) is 4.10. The van der Waals surface area contributed by atoms with Crippen LogP contribution in [0.3, 0.4) is 0 Å². The SMILES string of the molecule is CCNC1CC(c2ccncc2)C1(C)CC. The average Bonchev–Trinajstić information content (AvgIpc) is 2.34. The molecule has 1 aliphatic rings. The molecule has 2 heteroatoms. The van der Waals surface area contributed by atoms with Crippen molar-refractivity contribution >= 4 is 0 Å². The molecule has 0 bridgehead atoms. The molecule has 0 saturated heterocycles. The van der Waals surface area contributed by atoms with E-state index in [-0.39, 0.29) is 0 Å². The minimum atomic E-state index is 0.414. The van der Waals surface area contributed by atoms with Crippen LogP contribution in [0.1, 0.15) is 45.1 Å². The van der Waals surface area contributed by atoms with Crippen LogP contribution in [0.4, 0.5) is 0 Å². The number of pyridine rings is 1. The normalized spacial score (nSPS) is 33.4. The van der Waals surface area contributed by atoms with Crippen LogP contribution in [0.2, 0.25) is 0 Å². The molecular formula is C14H22N2. The molecule has 3 atom stereocenters. The van der Waals surface area contributed by atoms with E-state index in [1.54, 1.807) is 0 Å². The van der Waals surface area contributed by atoms with Crippen LogP contribution in [-0.2, 0) is 0 Å². The number of aromatic nitrogens is 1. The molecule has 0 radical (unpaired) electrons. The molecule has 3 unspecified atom stereocenters. The van der Waals surface area contributed by atoms with Gasteiger partial charge in [0.2, 0.25) is 0 Å². The van der Waals surface area contributed by atoms with Crippen molar-refractivity contribution in [1.29, 1.82) is 0 Å². The van der Waals surface area contributed by atoms with E-state index in [1.165, 1.54) is 18.4 Å². The minimum absolute atomic E-state index is 0.414. The molecule has 1 aromatic rings. The lowest BCUT2D eigenvalue weighted by Crippen LogP contribution is -2.56. The van der Waals surface area contributed by atoms with Gasteiger partial charge in [-0.15, -0.1) is 0 Å². The first kappa shape index (κ1) is 11.6. The Balaban J connectivity index is 2.14. The van der Waals surface area contributed by atoms with Crippen molar-refractivity contribution in [3.8, 4) is 0 Å². The molecular weight excluding hydrogens is 196 g/mol. The van der Waals surface area contributed by atoms with Gasteiger partial charge in [-0.3, -0.25) is 4.98 Å². The van der Waals surface area contributed by atoms with Gasteiger partial charge in [0.1, 0.15) is 0 Å². The van der Waals surface area contributed by atoms with E-state index in [1.807, 2.05) is 12.4 Å². The van der Waals surface area contributed by atoms with Gasteiger partial charge in [0.15, 0.2) is 0 Å². The van der Waals surface area contributed by atoms with Crippen molar-refractivity contribution in [2.75, 3.05) is 6.54 Å². The number of nitrogens with zero attached hydrogens (tertiary/aromatic N) is 1. The zero-order chi connectivity index (χ0) is 11.6. The maximum atomic E-state index is 4.10. The van der Waals surface area contributed by atoms with Crippen molar-refractivity contribution in [3.05, 3.63) is 30.1 Å². The van der Waals surface area contributed by atoms with Crippen LogP contribution in [0.25, 0.3) is 0 Å². The Morgan fingerprint density at radius 1 is 1.38 bits per heavy atom. The summed E-state index contributed by atoms with van der Waals surface area (Å²) in [7, 11) is 0. The Kier molecular flexibility index (Phi) is 3.29. The number of rotatable bonds is 4. The van der Waals surface area contributed by atoms with Gasteiger partial charge in [-0.25, -0.2) is 0 Å². The third-order valence-corrected chi connectivity index (χ3v) is 4.38. The lowest BCUT2D eigenvalue weighted by atomic mass is 9.54. The van der Waals surface area contributed by atoms with E-state index in [0.717, 1.165) is 6.54 Å². The first-order valence-electron chi connectivity index (χ1n) is 6.35. The third-order valence-electron chi connectivity index (χ3n) is 4.38. The van der Waals surface area contributed by atoms with Crippen molar-refractivity contribution < 1.29 is 0 Å². The van der Waals surface area contributed by atoms with Crippen LogP contribution in [0.5, 0.6) is 0 Å². The Morgan fingerprint density at radius 2 is 2.06 bits per heavy atom. The predicted molar refractivity (Wildman–Crippen MR) is 67.5 cm³/mol. The summed E-state index contributed by atoms with van der Waals surface area (Å²) in [6.45, 7) is 7.98. The second kappa shape index (κ2) is 4.54. The molecule has 0 amide bonds. The number of hydrogen-bond donors (Lipinski definition) is 1. The monoisotopic (exact) mass is 218 g/mol. The highest BCUT2D eigenvalue weighted by atomic mass is 15.0. The summed E-state index contributed by atoms with van der Waals surface area (Å²) in [5, 5.41) is 3.61. The molecule has 1 heterocycles. The van der Waals surface area contributed by atoms with Crippen LogP contribution in [-0.4, -0.2) is 17.6 Å². The van der Waals surface area contributed by atoms with Crippen LogP contribution >= 0.6 is 0 Å². The van der Waals surface area contributed by atoms with E-state index in [0.29, 0.717) is 17.4 Å². The molecule has 1 fully saturated rings. The quantitative estimate of drug-likeness (QED) is 0.840. The minimum Gasteiger partial charge on any atom is -0.314 e. The average molecular weight is 218 g/mol. The van der Waals surface area contributed by atoms with Gasteiger partial charge in [-0.05, 0) is 48.4 Å². The second-order valence-electron chi connectivity index (χ2n) is 5.04. The number of nitrogens with one attached hydrogen (secondary N) is 1. The fourth-order valence-corrected chi connectivity index (χ4v) is 3.02. The largest absolute Gasteiger partial charge is 0.314 e. The Hall–Kier alpha value is -0.890. The fraction of sp³-hybridized carbons (Fsp3) is 0.643. The molecule has 0 spiro atoms. The zero-order valence-electron chi connectivity index (χ0n) is 10.5. The fourth-order valence-electron chi connectivity index (χ4n) is 3.02. The van der Waals surface area contributed by atoms with E-state index in [2.05, 4.69) is 43.2 Å². The molecule has 88 valence electrons. The maximum Gasteiger partial charge on any atom is 0.0270 e. The van der Waals surface area contributed by atoms with Crippen molar-refractivity contribution in [3.63, 3.8) is 0 Å². The van der Waals surface area contributed by atoms with Gasteiger partial charge in [0, 0.05) is 18.4 Å². The number of hydrogen-bond acceptors (Lipinski definition) is 2. The molecule has 1 aromatic heterocycles. The standard InChI is InChI=1S/C14H22N2/c1-4-14(3)12(10-13(14)16-5-2)11-6-8-15-9-7-11/h6-9,12-13,16H,4-5,10H2,1-3H3. The summed E-state index contributed by atoms with van der Waals surface area (Å²) < 4.78 is 0. The highest BCUT2D eigenvalue weighted by Gasteiger charge is 2.50. The first-order valence-corrected chi connectivity index (χ1v) is 6.35. The molecule has 1 N–H and O–H groups in total. The van der Waals surface area contributed by atoms with Crippen molar-refractivity contribution in [1.82, 2.24) is 10.3 Å². The molecule has 0 aliphatic heterocycles.